The smallest absolute Gasteiger partial charge is 0.0600 e. The van der Waals surface area contributed by atoms with Gasteiger partial charge in [0.1, 0.15) is 0 Å². The van der Waals surface area contributed by atoms with Crippen molar-refractivity contribution in [3.8, 4) is 0 Å². The highest BCUT2D eigenvalue weighted by Gasteiger charge is 1.87. The van der Waals surface area contributed by atoms with Gasteiger partial charge in [0.25, 0.3) is 0 Å². The molecule has 0 atom stereocenters. The van der Waals surface area contributed by atoms with Crippen molar-refractivity contribution < 1.29 is 0 Å². The summed E-state index contributed by atoms with van der Waals surface area (Å²) < 4.78 is 0. The standard InChI is InChI=1S/C10H17N/c1-5-7-10(4)11-8-9(3)6-2/h5,7H,3,6,8H2,1-2,4H3/b7-5-,11-10-. The van der Waals surface area contributed by atoms with Gasteiger partial charge in [0.15, 0.2) is 0 Å². The van der Waals surface area contributed by atoms with Crippen LogP contribution in [0.4, 0.5) is 0 Å². The summed E-state index contributed by atoms with van der Waals surface area (Å²) >= 11 is 0. The summed E-state index contributed by atoms with van der Waals surface area (Å²) in [6.45, 7) is 10.7. The summed E-state index contributed by atoms with van der Waals surface area (Å²) in [7, 11) is 0. The Balaban J connectivity index is 3.82. The fraction of sp³-hybridized carbons (Fsp3) is 0.500. The summed E-state index contributed by atoms with van der Waals surface area (Å²) in [6.07, 6.45) is 5.02. The number of hydrogen-bond donors (Lipinski definition) is 0. The average molecular weight is 151 g/mol. The number of rotatable bonds is 4. The van der Waals surface area contributed by atoms with Crippen LogP contribution >= 0.6 is 0 Å². The summed E-state index contributed by atoms with van der Waals surface area (Å²) in [6, 6.07) is 0. The molecule has 0 rings (SSSR count). The molecule has 0 N–H and O–H groups in total. The molecule has 0 heterocycles. The first kappa shape index (κ1) is 10.2. The second-order valence-corrected chi connectivity index (χ2v) is 2.56. The van der Waals surface area contributed by atoms with E-state index in [1.165, 1.54) is 5.57 Å². The maximum atomic E-state index is 4.31. The van der Waals surface area contributed by atoms with Gasteiger partial charge in [-0.2, -0.15) is 0 Å². The number of aliphatic imine (C=N–C) groups is 1. The summed E-state index contributed by atoms with van der Waals surface area (Å²) in [4.78, 5) is 4.31. The maximum absolute atomic E-state index is 4.31. The van der Waals surface area contributed by atoms with Gasteiger partial charge in [0.05, 0.1) is 6.54 Å². The first-order chi connectivity index (χ1) is 5.20. The zero-order valence-electron chi connectivity index (χ0n) is 7.72. The van der Waals surface area contributed by atoms with E-state index < -0.39 is 0 Å². The Morgan fingerprint density at radius 1 is 1.55 bits per heavy atom. The molecule has 1 nitrogen and oxygen atoms in total. The van der Waals surface area contributed by atoms with Gasteiger partial charge in [0.2, 0.25) is 0 Å². The van der Waals surface area contributed by atoms with Crippen LogP contribution in [0.5, 0.6) is 0 Å². The molecule has 0 radical (unpaired) electrons. The van der Waals surface area contributed by atoms with E-state index in [4.69, 9.17) is 0 Å². The van der Waals surface area contributed by atoms with Crippen LogP contribution in [-0.2, 0) is 0 Å². The number of nitrogens with zero attached hydrogens (tertiary/aromatic N) is 1. The van der Waals surface area contributed by atoms with Crippen molar-refractivity contribution in [2.45, 2.75) is 27.2 Å². The van der Waals surface area contributed by atoms with Crippen LogP contribution in [0, 0.1) is 0 Å². The lowest BCUT2D eigenvalue weighted by Crippen LogP contribution is -1.90. The van der Waals surface area contributed by atoms with E-state index in [9.17, 15) is 0 Å². The molecular weight excluding hydrogens is 134 g/mol. The van der Waals surface area contributed by atoms with E-state index in [1.807, 2.05) is 26.0 Å². The molecule has 0 fully saturated rings. The van der Waals surface area contributed by atoms with Crippen molar-refractivity contribution in [1.29, 1.82) is 0 Å². The van der Waals surface area contributed by atoms with E-state index in [1.54, 1.807) is 0 Å². The molecule has 0 amide bonds. The van der Waals surface area contributed by atoms with Gasteiger partial charge < -0.3 is 0 Å². The summed E-state index contributed by atoms with van der Waals surface area (Å²) in [5.74, 6) is 0. The van der Waals surface area contributed by atoms with E-state index in [-0.39, 0.29) is 0 Å². The molecule has 1 heteroatoms. The molecular formula is C10H17N. The van der Waals surface area contributed by atoms with Gasteiger partial charge in [-0.1, -0.05) is 25.2 Å². The van der Waals surface area contributed by atoms with Crippen molar-refractivity contribution in [2.24, 2.45) is 4.99 Å². The second-order valence-electron chi connectivity index (χ2n) is 2.56. The third kappa shape index (κ3) is 5.59. The molecule has 0 bridgehead atoms. The Hall–Kier alpha value is -0.850. The van der Waals surface area contributed by atoms with Crippen LogP contribution < -0.4 is 0 Å². The van der Waals surface area contributed by atoms with E-state index in [0.29, 0.717) is 0 Å². The highest BCUT2D eigenvalue weighted by atomic mass is 14.7. The zero-order chi connectivity index (χ0) is 8.69. The largest absolute Gasteiger partial charge is 0.286 e. The Morgan fingerprint density at radius 2 is 2.18 bits per heavy atom. The van der Waals surface area contributed by atoms with Crippen LogP contribution in [0.2, 0.25) is 0 Å². The molecule has 0 aliphatic carbocycles. The lowest BCUT2D eigenvalue weighted by molar-refractivity contribution is 1.02. The SMILES string of the molecule is C=C(CC)C/N=C(C)\C=C/C. The van der Waals surface area contributed by atoms with E-state index in [0.717, 1.165) is 18.7 Å². The third-order valence-corrected chi connectivity index (χ3v) is 1.46. The first-order valence-electron chi connectivity index (χ1n) is 4.01. The third-order valence-electron chi connectivity index (χ3n) is 1.46. The normalized spacial score (nSPS) is 12.5. The van der Waals surface area contributed by atoms with Gasteiger partial charge in [0, 0.05) is 5.71 Å². The van der Waals surface area contributed by atoms with Gasteiger partial charge in [-0.25, -0.2) is 0 Å². The predicted molar refractivity (Wildman–Crippen MR) is 52.2 cm³/mol. The van der Waals surface area contributed by atoms with Crippen molar-refractivity contribution in [3.63, 3.8) is 0 Å². The fourth-order valence-corrected chi connectivity index (χ4v) is 0.642. The highest BCUT2D eigenvalue weighted by Crippen LogP contribution is 1.96. The Labute approximate surface area is 69.5 Å². The minimum atomic E-state index is 0.771. The summed E-state index contributed by atoms with van der Waals surface area (Å²) in [5.41, 5.74) is 2.26. The molecule has 0 spiro atoms. The quantitative estimate of drug-likeness (QED) is 0.432. The molecule has 0 aliphatic rings. The topological polar surface area (TPSA) is 12.4 Å². The summed E-state index contributed by atoms with van der Waals surface area (Å²) in [5, 5.41) is 0. The molecule has 0 unspecified atom stereocenters. The Bertz CT molecular complexity index is 175. The van der Waals surface area contributed by atoms with Gasteiger partial charge in [-0.05, 0) is 26.3 Å². The van der Waals surface area contributed by atoms with Gasteiger partial charge >= 0.3 is 0 Å². The van der Waals surface area contributed by atoms with Crippen molar-refractivity contribution in [3.05, 3.63) is 24.3 Å². The maximum Gasteiger partial charge on any atom is 0.0600 e. The lowest BCUT2D eigenvalue weighted by Gasteiger charge is -1.96. The molecule has 0 aromatic rings. The Kier molecular flexibility index (Phi) is 5.44. The molecule has 0 aliphatic heterocycles. The molecule has 0 saturated carbocycles. The molecule has 0 aromatic carbocycles. The average Bonchev–Trinajstić information content (AvgIpc) is 2.01. The van der Waals surface area contributed by atoms with Crippen molar-refractivity contribution >= 4 is 5.71 Å². The van der Waals surface area contributed by atoms with E-state index in [2.05, 4.69) is 18.5 Å². The fourth-order valence-electron chi connectivity index (χ4n) is 0.642. The van der Waals surface area contributed by atoms with E-state index >= 15 is 0 Å². The van der Waals surface area contributed by atoms with Crippen LogP contribution in [0.15, 0.2) is 29.3 Å². The second kappa shape index (κ2) is 5.90. The molecule has 11 heavy (non-hydrogen) atoms. The van der Waals surface area contributed by atoms with Crippen molar-refractivity contribution in [2.75, 3.05) is 6.54 Å². The van der Waals surface area contributed by atoms with Crippen LogP contribution in [0.1, 0.15) is 27.2 Å². The molecule has 0 aromatic heterocycles. The number of allylic oxidation sites excluding steroid dienone is 2. The highest BCUT2D eigenvalue weighted by molar-refractivity contribution is 5.92. The monoisotopic (exact) mass is 151 g/mol. The minimum Gasteiger partial charge on any atom is -0.286 e. The Morgan fingerprint density at radius 3 is 2.64 bits per heavy atom. The molecule has 0 saturated heterocycles. The lowest BCUT2D eigenvalue weighted by atomic mass is 10.2. The first-order valence-corrected chi connectivity index (χ1v) is 4.01. The van der Waals surface area contributed by atoms with Crippen LogP contribution in [0.3, 0.4) is 0 Å². The van der Waals surface area contributed by atoms with Gasteiger partial charge in [-0.3, -0.25) is 4.99 Å². The zero-order valence-corrected chi connectivity index (χ0v) is 7.72. The van der Waals surface area contributed by atoms with Crippen LogP contribution in [0.25, 0.3) is 0 Å². The molecule has 62 valence electrons. The predicted octanol–water partition coefficient (Wildman–Crippen LogP) is 2.99. The number of hydrogen-bond acceptors (Lipinski definition) is 1. The van der Waals surface area contributed by atoms with Crippen LogP contribution in [-0.4, -0.2) is 12.3 Å². The van der Waals surface area contributed by atoms with Crippen molar-refractivity contribution in [1.82, 2.24) is 0 Å². The minimum absolute atomic E-state index is 0.771. The van der Waals surface area contributed by atoms with Gasteiger partial charge in [-0.15, -0.1) is 0 Å².